The molecule has 108 valence electrons. The summed E-state index contributed by atoms with van der Waals surface area (Å²) in [4.78, 5) is 0. The fraction of sp³-hybridized carbons (Fsp3) is 0.571. The number of hydrogen-bond donors (Lipinski definition) is 1. The van der Waals surface area contributed by atoms with Gasteiger partial charge in [-0.25, -0.2) is 4.39 Å². The maximum Gasteiger partial charge on any atom is 0.419 e. The molecular weight excluding hydrogens is 258 g/mol. The highest BCUT2D eigenvalue weighted by Crippen LogP contribution is 2.35. The Morgan fingerprint density at radius 3 is 2.16 bits per heavy atom. The van der Waals surface area contributed by atoms with Crippen molar-refractivity contribution in [2.45, 2.75) is 38.9 Å². The molecule has 0 aliphatic carbocycles. The number of benzene rings is 1. The molecule has 0 amide bonds. The zero-order chi connectivity index (χ0) is 14.6. The van der Waals surface area contributed by atoms with Gasteiger partial charge in [0.15, 0.2) is 0 Å². The van der Waals surface area contributed by atoms with Gasteiger partial charge in [0.25, 0.3) is 0 Å². The van der Waals surface area contributed by atoms with Crippen molar-refractivity contribution in [2.75, 3.05) is 7.05 Å². The lowest BCUT2D eigenvalue weighted by atomic mass is 9.88. The molecule has 1 rings (SSSR count). The Morgan fingerprint density at radius 2 is 1.74 bits per heavy atom. The smallest absolute Gasteiger partial charge is 0.313 e. The van der Waals surface area contributed by atoms with Gasteiger partial charge in [0.05, 0.1) is 5.56 Å². The summed E-state index contributed by atoms with van der Waals surface area (Å²) in [6, 6.07) is 3.03. The van der Waals surface area contributed by atoms with Gasteiger partial charge in [0.2, 0.25) is 0 Å². The molecule has 1 atom stereocenters. The van der Waals surface area contributed by atoms with Crippen molar-refractivity contribution in [1.82, 2.24) is 5.32 Å². The minimum absolute atomic E-state index is 0.198. The molecule has 1 N–H and O–H groups in total. The van der Waals surface area contributed by atoms with Crippen LogP contribution >= 0.6 is 0 Å². The van der Waals surface area contributed by atoms with E-state index < -0.39 is 17.6 Å². The van der Waals surface area contributed by atoms with Gasteiger partial charge in [-0.1, -0.05) is 32.8 Å². The lowest BCUT2D eigenvalue weighted by Crippen LogP contribution is -2.25. The van der Waals surface area contributed by atoms with Crippen molar-refractivity contribution < 1.29 is 17.6 Å². The summed E-state index contributed by atoms with van der Waals surface area (Å²) in [5.41, 5.74) is -0.721. The first-order valence-electron chi connectivity index (χ1n) is 6.39. The van der Waals surface area contributed by atoms with E-state index in [-0.39, 0.29) is 12.0 Å². The fourth-order valence-corrected chi connectivity index (χ4v) is 2.39. The van der Waals surface area contributed by atoms with E-state index in [9.17, 15) is 17.6 Å². The number of rotatable bonds is 5. The molecule has 1 aromatic rings. The van der Waals surface area contributed by atoms with Gasteiger partial charge in [-0.2, -0.15) is 13.2 Å². The van der Waals surface area contributed by atoms with Crippen molar-refractivity contribution in [3.8, 4) is 0 Å². The van der Waals surface area contributed by atoms with E-state index in [1.54, 1.807) is 7.05 Å². The van der Waals surface area contributed by atoms with Crippen LogP contribution in [0.2, 0.25) is 0 Å². The first kappa shape index (κ1) is 16.0. The molecular formula is C14H19F4N. The van der Waals surface area contributed by atoms with Crippen molar-refractivity contribution in [3.63, 3.8) is 0 Å². The van der Waals surface area contributed by atoms with Crippen LogP contribution in [0.1, 0.15) is 43.9 Å². The largest absolute Gasteiger partial charge is 0.419 e. The van der Waals surface area contributed by atoms with Crippen LogP contribution in [0.5, 0.6) is 0 Å². The highest BCUT2D eigenvalue weighted by atomic mass is 19.4. The van der Waals surface area contributed by atoms with Gasteiger partial charge >= 0.3 is 6.18 Å². The Morgan fingerprint density at radius 1 is 1.16 bits per heavy atom. The van der Waals surface area contributed by atoms with Gasteiger partial charge in [-0.3, -0.25) is 0 Å². The molecule has 5 heteroatoms. The molecule has 0 saturated heterocycles. The number of nitrogens with one attached hydrogen (secondary N) is 1. The molecule has 0 aromatic heterocycles. The first-order valence-corrected chi connectivity index (χ1v) is 6.39. The Kier molecular flexibility index (Phi) is 5.35. The Balaban J connectivity index is 3.19. The highest BCUT2D eigenvalue weighted by Gasteiger charge is 2.35. The van der Waals surface area contributed by atoms with Gasteiger partial charge in [-0.15, -0.1) is 0 Å². The maximum absolute atomic E-state index is 13.3. The Hall–Kier alpha value is -1.10. The van der Waals surface area contributed by atoms with E-state index >= 15 is 0 Å². The minimum Gasteiger partial charge on any atom is -0.313 e. The zero-order valence-electron chi connectivity index (χ0n) is 11.3. The van der Waals surface area contributed by atoms with Crippen molar-refractivity contribution in [3.05, 3.63) is 35.1 Å². The highest BCUT2D eigenvalue weighted by molar-refractivity contribution is 5.30. The Labute approximate surface area is 111 Å². The minimum atomic E-state index is -4.66. The normalized spacial score (nSPS) is 13.9. The second-order valence-electron chi connectivity index (χ2n) is 4.58. The average Bonchev–Trinajstić information content (AvgIpc) is 2.35. The Bertz CT molecular complexity index is 410. The molecule has 0 heterocycles. The van der Waals surface area contributed by atoms with Crippen LogP contribution in [0.25, 0.3) is 0 Å². The van der Waals surface area contributed by atoms with E-state index in [1.807, 2.05) is 13.8 Å². The lowest BCUT2D eigenvalue weighted by molar-refractivity contribution is -0.140. The zero-order valence-corrected chi connectivity index (χ0v) is 11.3. The summed E-state index contributed by atoms with van der Waals surface area (Å²) in [6.45, 7) is 3.99. The van der Waals surface area contributed by atoms with Gasteiger partial charge in [0, 0.05) is 6.04 Å². The van der Waals surface area contributed by atoms with Crippen LogP contribution in [0, 0.1) is 11.7 Å². The first-order chi connectivity index (χ1) is 8.85. The molecule has 0 aliphatic rings. The van der Waals surface area contributed by atoms with Crippen LogP contribution in [-0.2, 0) is 6.18 Å². The number of alkyl halides is 3. The van der Waals surface area contributed by atoms with Crippen LogP contribution in [0.15, 0.2) is 18.2 Å². The quantitative estimate of drug-likeness (QED) is 0.779. The predicted molar refractivity (Wildman–Crippen MR) is 67.3 cm³/mol. The molecule has 0 saturated carbocycles. The van der Waals surface area contributed by atoms with E-state index in [4.69, 9.17) is 0 Å². The fourth-order valence-electron chi connectivity index (χ4n) is 2.39. The van der Waals surface area contributed by atoms with Crippen molar-refractivity contribution in [1.29, 1.82) is 0 Å². The third-order valence-corrected chi connectivity index (χ3v) is 3.49. The van der Waals surface area contributed by atoms with Gasteiger partial charge in [-0.05, 0) is 30.7 Å². The van der Waals surface area contributed by atoms with Gasteiger partial charge < -0.3 is 5.32 Å². The summed E-state index contributed by atoms with van der Waals surface area (Å²) >= 11 is 0. The van der Waals surface area contributed by atoms with Crippen molar-refractivity contribution in [2.24, 2.45) is 5.92 Å². The van der Waals surface area contributed by atoms with Crippen LogP contribution in [0.3, 0.4) is 0 Å². The summed E-state index contributed by atoms with van der Waals surface area (Å²) < 4.78 is 51.4. The van der Waals surface area contributed by atoms with Gasteiger partial charge in [0.1, 0.15) is 5.82 Å². The summed E-state index contributed by atoms with van der Waals surface area (Å²) in [5.74, 6) is -1.01. The predicted octanol–water partition coefficient (Wildman–Crippen LogP) is 4.54. The van der Waals surface area contributed by atoms with Crippen molar-refractivity contribution >= 4 is 0 Å². The molecule has 1 aromatic carbocycles. The van der Waals surface area contributed by atoms with Crippen LogP contribution in [0.4, 0.5) is 17.6 Å². The third kappa shape index (κ3) is 3.69. The number of hydrogen-bond acceptors (Lipinski definition) is 1. The molecule has 19 heavy (non-hydrogen) atoms. The van der Waals surface area contributed by atoms with Crippen LogP contribution < -0.4 is 5.32 Å². The molecule has 1 nitrogen and oxygen atoms in total. The SMILES string of the molecule is CCC(CC)C(NC)c1ccc(F)c(C(F)(F)F)c1. The standard InChI is InChI=1S/C14H19F4N/c1-4-9(5-2)13(19-3)10-6-7-12(15)11(8-10)14(16,17)18/h6-9,13,19H,4-5H2,1-3H3. The monoisotopic (exact) mass is 277 g/mol. The molecule has 0 radical (unpaired) electrons. The third-order valence-electron chi connectivity index (χ3n) is 3.49. The molecule has 0 spiro atoms. The summed E-state index contributed by atoms with van der Waals surface area (Å²) in [6.07, 6.45) is -2.96. The number of halogens is 4. The average molecular weight is 277 g/mol. The van der Waals surface area contributed by atoms with E-state index in [0.29, 0.717) is 5.56 Å². The summed E-state index contributed by atoms with van der Waals surface area (Å²) in [5, 5.41) is 3.03. The molecule has 0 fully saturated rings. The second kappa shape index (κ2) is 6.37. The maximum atomic E-state index is 13.3. The molecule has 1 unspecified atom stereocenters. The summed E-state index contributed by atoms with van der Waals surface area (Å²) in [7, 11) is 1.71. The van der Waals surface area contributed by atoms with E-state index in [2.05, 4.69) is 5.32 Å². The molecule has 0 aliphatic heterocycles. The topological polar surface area (TPSA) is 12.0 Å². The lowest BCUT2D eigenvalue weighted by Gasteiger charge is -2.26. The van der Waals surface area contributed by atoms with E-state index in [1.165, 1.54) is 6.07 Å². The second-order valence-corrected chi connectivity index (χ2v) is 4.58. The molecule has 0 bridgehead atoms. The van der Waals surface area contributed by atoms with Crippen LogP contribution in [-0.4, -0.2) is 7.05 Å². The van der Waals surface area contributed by atoms with E-state index in [0.717, 1.165) is 25.0 Å².